The first kappa shape index (κ1) is 28.9. The minimum absolute atomic E-state index is 0.0960. The third-order valence-corrected chi connectivity index (χ3v) is 8.80. The number of anilines is 1. The predicted octanol–water partition coefficient (Wildman–Crippen LogP) is 4.05. The fourth-order valence-electron chi connectivity index (χ4n) is 4.50. The monoisotopic (exact) mass is 548 g/mol. The van der Waals surface area contributed by atoms with Crippen molar-refractivity contribution in [1.29, 1.82) is 0 Å². The Morgan fingerprint density at radius 2 is 1.76 bits per heavy atom. The van der Waals surface area contributed by atoms with Crippen molar-refractivity contribution in [3.63, 3.8) is 0 Å². The van der Waals surface area contributed by atoms with Crippen molar-refractivity contribution in [1.82, 2.24) is 14.5 Å². The molecule has 0 spiro atoms. The molecular weight excluding hydrogens is 512 g/mol. The maximum Gasteiger partial charge on any atom is 0.304 e. The zero-order chi connectivity index (χ0) is 27.3. The van der Waals surface area contributed by atoms with E-state index in [9.17, 15) is 18.0 Å². The Kier molecular flexibility index (Phi) is 9.61. The second-order valence-corrected chi connectivity index (χ2v) is 12.4. The van der Waals surface area contributed by atoms with E-state index >= 15 is 0 Å². The van der Waals surface area contributed by atoms with Crippen LogP contribution in [0.1, 0.15) is 49.3 Å². The Morgan fingerprint density at radius 1 is 1.08 bits per heavy atom. The molecule has 2 aromatic carbocycles. The molecule has 202 valence electrons. The first-order valence-electron chi connectivity index (χ1n) is 12.5. The summed E-state index contributed by atoms with van der Waals surface area (Å²) < 4.78 is 28.9. The zero-order valence-corrected chi connectivity index (χ0v) is 23.8. The minimum atomic E-state index is -4.01. The van der Waals surface area contributed by atoms with E-state index in [0.29, 0.717) is 10.7 Å². The average Bonchev–Trinajstić information content (AvgIpc) is 3.35. The van der Waals surface area contributed by atoms with Crippen LogP contribution in [0.15, 0.2) is 42.5 Å². The highest BCUT2D eigenvalue weighted by molar-refractivity contribution is 7.90. The summed E-state index contributed by atoms with van der Waals surface area (Å²) >= 11 is 6.18. The average molecular weight is 549 g/mol. The molecule has 10 heteroatoms. The number of carbonyl (C=O) groups is 2. The summed E-state index contributed by atoms with van der Waals surface area (Å²) in [5, 5.41) is 3.58. The van der Waals surface area contributed by atoms with Gasteiger partial charge in [0.25, 0.3) is 0 Å². The van der Waals surface area contributed by atoms with Crippen LogP contribution in [-0.2, 0) is 26.3 Å². The van der Waals surface area contributed by atoms with Gasteiger partial charge in [-0.05, 0) is 68.5 Å². The topological polar surface area (TPSA) is 90.0 Å². The summed E-state index contributed by atoms with van der Waals surface area (Å²) in [6.45, 7) is 5.01. The number of halogens is 1. The van der Waals surface area contributed by atoms with E-state index in [4.69, 9.17) is 11.6 Å². The van der Waals surface area contributed by atoms with Crippen LogP contribution in [0.5, 0.6) is 0 Å². The molecule has 1 N–H and O–H groups in total. The Hall–Kier alpha value is -2.62. The van der Waals surface area contributed by atoms with Gasteiger partial charge in [-0.15, -0.1) is 0 Å². The summed E-state index contributed by atoms with van der Waals surface area (Å²) in [5.41, 5.74) is 2.76. The van der Waals surface area contributed by atoms with Gasteiger partial charge in [0.15, 0.2) is 0 Å². The molecule has 0 bridgehead atoms. The van der Waals surface area contributed by atoms with E-state index < -0.39 is 28.7 Å². The Bertz CT molecular complexity index is 1230. The Balaban J connectivity index is 1.96. The highest BCUT2D eigenvalue weighted by Crippen LogP contribution is 2.26. The highest BCUT2D eigenvalue weighted by atomic mass is 35.5. The van der Waals surface area contributed by atoms with Crippen molar-refractivity contribution in [2.75, 3.05) is 24.9 Å². The Morgan fingerprint density at radius 3 is 2.38 bits per heavy atom. The molecule has 2 amide bonds. The van der Waals surface area contributed by atoms with Crippen LogP contribution >= 0.6 is 11.6 Å². The molecule has 1 saturated carbocycles. The molecule has 3 rings (SSSR count). The molecule has 1 aliphatic carbocycles. The van der Waals surface area contributed by atoms with Crippen LogP contribution in [0, 0.1) is 13.8 Å². The lowest BCUT2D eigenvalue weighted by molar-refractivity contribution is -0.139. The van der Waals surface area contributed by atoms with Gasteiger partial charge in [0.1, 0.15) is 12.6 Å². The molecule has 0 radical (unpaired) electrons. The SMILES string of the molecule is Cc1ccc(C)c(N(CC(=O)N(Cc2cccc(Cl)c2)C(C)C(=O)NC2CCCC2)S(=O)(=O)N(C)C)c1. The fourth-order valence-corrected chi connectivity index (χ4v) is 5.82. The molecule has 8 nitrogen and oxygen atoms in total. The van der Waals surface area contributed by atoms with Gasteiger partial charge in [-0.1, -0.05) is 48.7 Å². The van der Waals surface area contributed by atoms with Gasteiger partial charge in [-0.3, -0.25) is 9.59 Å². The van der Waals surface area contributed by atoms with Crippen molar-refractivity contribution in [3.8, 4) is 0 Å². The highest BCUT2D eigenvalue weighted by Gasteiger charge is 2.34. The van der Waals surface area contributed by atoms with Crippen molar-refractivity contribution < 1.29 is 18.0 Å². The van der Waals surface area contributed by atoms with Crippen LogP contribution < -0.4 is 9.62 Å². The first-order valence-corrected chi connectivity index (χ1v) is 14.3. The zero-order valence-electron chi connectivity index (χ0n) is 22.2. The third-order valence-electron chi connectivity index (χ3n) is 6.76. The first-order chi connectivity index (χ1) is 17.4. The summed E-state index contributed by atoms with van der Waals surface area (Å²) in [4.78, 5) is 28.5. The minimum Gasteiger partial charge on any atom is -0.352 e. The number of benzene rings is 2. The van der Waals surface area contributed by atoms with Crippen molar-refractivity contribution in [3.05, 3.63) is 64.2 Å². The maximum atomic E-state index is 13.9. The smallest absolute Gasteiger partial charge is 0.304 e. The fraction of sp³-hybridized carbons (Fsp3) is 0.481. The van der Waals surface area contributed by atoms with E-state index in [1.54, 1.807) is 38.1 Å². The van der Waals surface area contributed by atoms with E-state index in [1.165, 1.54) is 19.0 Å². The van der Waals surface area contributed by atoms with E-state index in [-0.39, 0.29) is 18.5 Å². The molecule has 0 heterocycles. The second-order valence-electron chi connectivity index (χ2n) is 9.90. The van der Waals surface area contributed by atoms with Gasteiger partial charge < -0.3 is 10.2 Å². The number of hydrogen-bond acceptors (Lipinski definition) is 4. The van der Waals surface area contributed by atoms with Gasteiger partial charge in [-0.2, -0.15) is 12.7 Å². The molecule has 0 aromatic heterocycles. The van der Waals surface area contributed by atoms with Crippen LogP contribution in [0.25, 0.3) is 0 Å². The number of carbonyl (C=O) groups excluding carboxylic acids is 2. The molecule has 1 fully saturated rings. The molecule has 0 aliphatic heterocycles. The largest absolute Gasteiger partial charge is 0.352 e. The maximum absolute atomic E-state index is 13.9. The third kappa shape index (κ3) is 7.24. The normalized spacial score (nSPS) is 15.0. The van der Waals surface area contributed by atoms with Crippen LogP contribution in [-0.4, -0.2) is 62.2 Å². The molecule has 1 unspecified atom stereocenters. The number of nitrogens with zero attached hydrogens (tertiary/aromatic N) is 3. The van der Waals surface area contributed by atoms with Crippen LogP contribution in [0.4, 0.5) is 5.69 Å². The molecule has 2 aromatic rings. The van der Waals surface area contributed by atoms with Crippen molar-refractivity contribution in [2.45, 2.75) is 65.1 Å². The quantitative estimate of drug-likeness (QED) is 0.485. The predicted molar refractivity (Wildman–Crippen MR) is 148 cm³/mol. The number of amides is 2. The van der Waals surface area contributed by atoms with Gasteiger partial charge in [0.2, 0.25) is 11.8 Å². The summed E-state index contributed by atoms with van der Waals surface area (Å²) in [7, 11) is -1.15. The molecule has 1 atom stereocenters. The Labute approximate surface area is 225 Å². The van der Waals surface area contributed by atoms with Crippen molar-refractivity contribution >= 4 is 39.3 Å². The summed E-state index contributed by atoms with van der Waals surface area (Å²) in [6, 6.07) is 11.8. The van der Waals surface area contributed by atoms with Gasteiger partial charge in [0.05, 0.1) is 5.69 Å². The lowest BCUT2D eigenvalue weighted by Gasteiger charge is -2.33. The second kappa shape index (κ2) is 12.3. The summed E-state index contributed by atoms with van der Waals surface area (Å²) in [6.07, 6.45) is 3.97. The lowest BCUT2D eigenvalue weighted by Crippen LogP contribution is -2.53. The molecule has 0 saturated heterocycles. The van der Waals surface area contributed by atoms with Gasteiger partial charge in [0, 0.05) is 31.7 Å². The molecule has 1 aliphatic rings. The van der Waals surface area contributed by atoms with E-state index in [2.05, 4.69) is 5.32 Å². The summed E-state index contributed by atoms with van der Waals surface area (Å²) in [5.74, 6) is -0.739. The molecule has 37 heavy (non-hydrogen) atoms. The number of hydrogen-bond donors (Lipinski definition) is 1. The van der Waals surface area contributed by atoms with E-state index in [0.717, 1.165) is 51.0 Å². The van der Waals surface area contributed by atoms with Gasteiger partial charge >= 0.3 is 10.2 Å². The molecular formula is C27H37ClN4O4S. The standard InChI is InChI=1S/C27H37ClN4O4S/c1-19-13-14-20(2)25(15-19)32(37(35,36)30(4)5)18-26(33)31(17-22-9-8-10-23(28)16-22)21(3)27(34)29-24-11-6-7-12-24/h8-10,13-16,21,24H,6-7,11-12,17-18H2,1-5H3,(H,29,34). The van der Waals surface area contributed by atoms with Crippen LogP contribution in [0.2, 0.25) is 5.02 Å². The van der Waals surface area contributed by atoms with Crippen molar-refractivity contribution in [2.24, 2.45) is 0 Å². The number of nitrogens with one attached hydrogen (secondary N) is 1. The van der Waals surface area contributed by atoms with Crippen LogP contribution in [0.3, 0.4) is 0 Å². The van der Waals surface area contributed by atoms with Gasteiger partial charge in [-0.25, -0.2) is 4.31 Å². The van der Waals surface area contributed by atoms with E-state index in [1.807, 2.05) is 25.1 Å². The number of aryl methyl sites for hydroxylation is 2. The number of rotatable bonds is 10. The lowest BCUT2D eigenvalue weighted by atomic mass is 10.1.